The van der Waals surface area contributed by atoms with Crippen molar-refractivity contribution in [2.75, 3.05) is 13.1 Å². The number of aliphatic carboxylic acids is 2. The topological polar surface area (TPSA) is 208 Å². The van der Waals surface area contributed by atoms with Crippen LogP contribution >= 0.6 is 0 Å². The predicted octanol–water partition coefficient (Wildman–Crippen LogP) is -2.57. The Morgan fingerprint density at radius 1 is 1.23 bits per heavy atom. The van der Waals surface area contributed by atoms with Crippen LogP contribution in [-0.2, 0) is 30.4 Å². The SMILES string of the molecule is NCC(=O)NC(Cc1cnc[nH]1)C(=O)NC(CC(=O)O)C(=O)N1CCCC1C(=O)O. The van der Waals surface area contributed by atoms with Crippen LogP contribution < -0.4 is 16.4 Å². The van der Waals surface area contributed by atoms with E-state index in [0.29, 0.717) is 12.1 Å². The standard InChI is InChI=1S/C17H24N6O7/c18-6-13(24)21-10(4-9-7-19-8-20-9)15(27)22-11(5-14(25)26)16(28)23-3-1-2-12(23)17(29)30/h7-8,10-12H,1-6,18H2,(H,19,20)(H,21,24)(H,22,27)(H,25,26)(H,29,30). The summed E-state index contributed by atoms with van der Waals surface area (Å²) in [6, 6.07) is -3.73. The van der Waals surface area contributed by atoms with Crippen molar-refractivity contribution in [3.8, 4) is 0 Å². The van der Waals surface area contributed by atoms with Crippen LogP contribution in [-0.4, -0.2) is 86.0 Å². The summed E-state index contributed by atoms with van der Waals surface area (Å²) < 4.78 is 0. The summed E-state index contributed by atoms with van der Waals surface area (Å²) in [6.07, 6.45) is 2.76. The first-order chi connectivity index (χ1) is 14.2. The molecular formula is C17H24N6O7. The van der Waals surface area contributed by atoms with Crippen molar-refractivity contribution in [2.24, 2.45) is 5.73 Å². The third-order valence-electron chi connectivity index (χ3n) is 4.63. The zero-order valence-corrected chi connectivity index (χ0v) is 16.0. The van der Waals surface area contributed by atoms with Gasteiger partial charge in [0.2, 0.25) is 17.7 Å². The van der Waals surface area contributed by atoms with Gasteiger partial charge in [0.15, 0.2) is 0 Å². The van der Waals surface area contributed by atoms with Crippen LogP contribution in [0.2, 0.25) is 0 Å². The van der Waals surface area contributed by atoms with Crippen LogP contribution in [0.15, 0.2) is 12.5 Å². The number of aromatic nitrogens is 2. The van der Waals surface area contributed by atoms with Crippen molar-refractivity contribution in [3.05, 3.63) is 18.2 Å². The number of H-pyrrole nitrogens is 1. The van der Waals surface area contributed by atoms with E-state index in [0.717, 1.165) is 4.90 Å². The summed E-state index contributed by atoms with van der Waals surface area (Å²) in [7, 11) is 0. The number of rotatable bonds is 10. The number of nitrogens with zero attached hydrogens (tertiary/aromatic N) is 2. The Morgan fingerprint density at radius 2 is 1.97 bits per heavy atom. The van der Waals surface area contributed by atoms with Crippen LogP contribution in [0.3, 0.4) is 0 Å². The maximum Gasteiger partial charge on any atom is 0.326 e. The van der Waals surface area contributed by atoms with Crippen molar-refractivity contribution < 1.29 is 34.2 Å². The number of imidazole rings is 1. The van der Waals surface area contributed by atoms with Crippen LogP contribution in [0, 0.1) is 0 Å². The molecule has 1 aromatic rings. The smallest absolute Gasteiger partial charge is 0.326 e. The van der Waals surface area contributed by atoms with Crippen molar-refractivity contribution in [3.63, 3.8) is 0 Å². The molecule has 2 heterocycles. The number of amides is 3. The van der Waals surface area contributed by atoms with E-state index < -0.39 is 54.2 Å². The highest BCUT2D eigenvalue weighted by atomic mass is 16.4. The number of hydrogen-bond acceptors (Lipinski definition) is 7. The highest BCUT2D eigenvalue weighted by molar-refractivity contribution is 5.95. The van der Waals surface area contributed by atoms with E-state index in [9.17, 15) is 29.1 Å². The lowest BCUT2D eigenvalue weighted by molar-refractivity contribution is -0.150. The van der Waals surface area contributed by atoms with Crippen LogP contribution in [0.25, 0.3) is 0 Å². The zero-order chi connectivity index (χ0) is 22.3. The molecule has 2 rings (SSSR count). The first kappa shape index (κ1) is 22.8. The third-order valence-corrected chi connectivity index (χ3v) is 4.63. The molecule has 13 heteroatoms. The van der Waals surface area contributed by atoms with Gasteiger partial charge in [-0.15, -0.1) is 0 Å². The minimum absolute atomic E-state index is 0.00692. The number of nitrogens with two attached hydrogens (primary N) is 1. The minimum Gasteiger partial charge on any atom is -0.481 e. The second-order valence-corrected chi connectivity index (χ2v) is 6.79. The molecule has 1 aliphatic rings. The predicted molar refractivity (Wildman–Crippen MR) is 99.8 cm³/mol. The molecule has 1 saturated heterocycles. The molecule has 0 aromatic carbocycles. The Balaban J connectivity index is 2.18. The van der Waals surface area contributed by atoms with Gasteiger partial charge in [0, 0.05) is 24.9 Å². The molecule has 1 fully saturated rings. The number of carbonyl (C=O) groups excluding carboxylic acids is 3. The summed E-state index contributed by atoms with van der Waals surface area (Å²) in [6.45, 7) is -0.235. The number of nitrogens with one attached hydrogen (secondary N) is 3. The Bertz CT molecular complexity index is 797. The summed E-state index contributed by atoms with van der Waals surface area (Å²) in [4.78, 5) is 67.5. The first-order valence-electron chi connectivity index (χ1n) is 9.25. The molecule has 7 N–H and O–H groups in total. The molecular weight excluding hydrogens is 400 g/mol. The van der Waals surface area contributed by atoms with E-state index >= 15 is 0 Å². The second-order valence-electron chi connectivity index (χ2n) is 6.79. The largest absolute Gasteiger partial charge is 0.481 e. The molecule has 1 aromatic heterocycles. The lowest BCUT2D eigenvalue weighted by atomic mass is 10.1. The minimum atomic E-state index is -1.49. The molecule has 0 bridgehead atoms. The number of carboxylic acid groups (broad SMARTS) is 2. The fraction of sp³-hybridized carbons (Fsp3) is 0.529. The summed E-state index contributed by atoms with van der Waals surface area (Å²) in [5.41, 5.74) is 5.79. The van der Waals surface area contributed by atoms with Gasteiger partial charge in [0.1, 0.15) is 18.1 Å². The van der Waals surface area contributed by atoms with Gasteiger partial charge >= 0.3 is 11.9 Å². The zero-order valence-electron chi connectivity index (χ0n) is 16.0. The van der Waals surface area contributed by atoms with Gasteiger partial charge in [-0.3, -0.25) is 19.2 Å². The Morgan fingerprint density at radius 3 is 2.53 bits per heavy atom. The summed E-state index contributed by atoms with van der Waals surface area (Å²) in [5.74, 6) is -4.79. The van der Waals surface area contributed by atoms with Crippen molar-refractivity contribution >= 4 is 29.7 Å². The van der Waals surface area contributed by atoms with Gasteiger partial charge in [-0.2, -0.15) is 0 Å². The van der Waals surface area contributed by atoms with Gasteiger partial charge in [0.25, 0.3) is 0 Å². The van der Waals surface area contributed by atoms with Gasteiger partial charge in [0.05, 0.1) is 19.3 Å². The number of aromatic amines is 1. The van der Waals surface area contributed by atoms with E-state index in [-0.39, 0.29) is 25.9 Å². The molecule has 1 aliphatic heterocycles. The monoisotopic (exact) mass is 424 g/mol. The lowest BCUT2D eigenvalue weighted by Crippen LogP contribution is -2.57. The van der Waals surface area contributed by atoms with Gasteiger partial charge in [-0.05, 0) is 12.8 Å². The van der Waals surface area contributed by atoms with Crippen molar-refractivity contribution in [1.29, 1.82) is 0 Å². The van der Waals surface area contributed by atoms with Crippen LogP contribution in [0.1, 0.15) is 25.0 Å². The summed E-state index contributed by atoms with van der Waals surface area (Å²) in [5, 5.41) is 23.2. The van der Waals surface area contributed by atoms with E-state index in [1.165, 1.54) is 12.5 Å². The average Bonchev–Trinajstić information content (AvgIpc) is 3.37. The molecule has 13 nitrogen and oxygen atoms in total. The number of likely N-dealkylation sites (tertiary alicyclic amines) is 1. The molecule has 3 unspecified atom stereocenters. The molecule has 30 heavy (non-hydrogen) atoms. The highest BCUT2D eigenvalue weighted by Crippen LogP contribution is 2.19. The van der Waals surface area contributed by atoms with Crippen molar-refractivity contribution in [1.82, 2.24) is 25.5 Å². The molecule has 164 valence electrons. The Hall–Kier alpha value is -3.48. The first-order valence-corrected chi connectivity index (χ1v) is 9.25. The maximum absolute atomic E-state index is 12.8. The maximum atomic E-state index is 12.8. The average molecular weight is 424 g/mol. The number of carbonyl (C=O) groups is 5. The van der Waals surface area contributed by atoms with Crippen molar-refractivity contribution in [2.45, 2.75) is 43.8 Å². The summed E-state index contributed by atoms with van der Waals surface area (Å²) >= 11 is 0. The molecule has 0 aliphatic carbocycles. The van der Waals surface area contributed by atoms with Gasteiger partial charge in [-0.25, -0.2) is 9.78 Å². The Kier molecular flexibility index (Phi) is 7.86. The molecule has 3 amide bonds. The van der Waals surface area contributed by atoms with E-state index in [1.807, 2.05) is 0 Å². The molecule has 0 spiro atoms. The molecule has 0 radical (unpaired) electrons. The Labute approximate surface area is 171 Å². The highest BCUT2D eigenvalue weighted by Gasteiger charge is 2.39. The molecule has 3 atom stereocenters. The third kappa shape index (κ3) is 6.01. The van der Waals surface area contributed by atoms with Crippen LogP contribution in [0.4, 0.5) is 0 Å². The number of hydrogen-bond donors (Lipinski definition) is 6. The van der Waals surface area contributed by atoms with E-state index in [4.69, 9.17) is 10.8 Å². The van der Waals surface area contributed by atoms with Crippen LogP contribution in [0.5, 0.6) is 0 Å². The fourth-order valence-corrected chi connectivity index (χ4v) is 3.21. The van der Waals surface area contributed by atoms with E-state index in [1.54, 1.807) is 0 Å². The van der Waals surface area contributed by atoms with E-state index in [2.05, 4.69) is 20.6 Å². The van der Waals surface area contributed by atoms with Gasteiger partial charge < -0.3 is 36.5 Å². The van der Waals surface area contributed by atoms with Gasteiger partial charge in [-0.1, -0.05) is 0 Å². The normalized spacial score (nSPS) is 17.8. The number of carboxylic acids is 2. The lowest BCUT2D eigenvalue weighted by Gasteiger charge is -2.28. The second kappa shape index (κ2) is 10.3. The fourth-order valence-electron chi connectivity index (χ4n) is 3.21. The quantitative estimate of drug-likeness (QED) is 0.233. The molecule has 0 saturated carbocycles.